The predicted molar refractivity (Wildman–Crippen MR) is 72.5 cm³/mol. The van der Waals surface area contributed by atoms with Crippen LogP contribution in [0.5, 0.6) is 0 Å². The number of hydrogen-bond acceptors (Lipinski definition) is 3. The van der Waals surface area contributed by atoms with Crippen LogP contribution in [-0.2, 0) is 11.3 Å². The SMILES string of the molecule is CC(C)(C)OC(=O)N1Cc2cc(Br)cnc2[C@@H]1C(F)(F)F. The average Bonchev–Trinajstić information content (AvgIpc) is 2.64. The molecule has 0 saturated heterocycles. The molecule has 1 aliphatic heterocycles. The first kappa shape index (κ1) is 16.1. The van der Waals surface area contributed by atoms with Crippen molar-refractivity contribution >= 4 is 22.0 Å². The van der Waals surface area contributed by atoms with Crippen molar-refractivity contribution in [2.24, 2.45) is 0 Å². The molecule has 2 heterocycles. The minimum absolute atomic E-state index is 0.156. The fourth-order valence-corrected chi connectivity index (χ4v) is 2.49. The zero-order valence-corrected chi connectivity index (χ0v) is 13.2. The third-order valence-electron chi connectivity index (χ3n) is 2.82. The molecule has 0 N–H and O–H groups in total. The van der Waals surface area contributed by atoms with Crippen LogP contribution in [0, 0.1) is 0 Å². The van der Waals surface area contributed by atoms with E-state index in [4.69, 9.17) is 4.74 Å². The van der Waals surface area contributed by atoms with Gasteiger partial charge in [-0.05, 0) is 48.3 Å². The van der Waals surface area contributed by atoms with Crippen molar-refractivity contribution in [2.45, 2.75) is 45.1 Å². The highest BCUT2D eigenvalue weighted by Crippen LogP contribution is 2.44. The van der Waals surface area contributed by atoms with Crippen LogP contribution in [-0.4, -0.2) is 27.8 Å². The Morgan fingerprint density at radius 3 is 2.57 bits per heavy atom. The molecule has 116 valence electrons. The molecule has 0 bridgehead atoms. The van der Waals surface area contributed by atoms with Crippen molar-refractivity contribution in [3.8, 4) is 0 Å². The van der Waals surface area contributed by atoms with Crippen molar-refractivity contribution < 1.29 is 22.7 Å². The summed E-state index contributed by atoms with van der Waals surface area (Å²) in [5.41, 5.74) is -0.662. The fourth-order valence-electron chi connectivity index (χ4n) is 2.11. The van der Waals surface area contributed by atoms with Crippen molar-refractivity contribution in [2.75, 3.05) is 0 Å². The molecular formula is C13H14BrF3N2O2. The van der Waals surface area contributed by atoms with Crippen LogP contribution < -0.4 is 0 Å². The molecule has 0 aromatic carbocycles. The highest BCUT2D eigenvalue weighted by molar-refractivity contribution is 9.10. The monoisotopic (exact) mass is 366 g/mol. The summed E-state index contributed by atoms with van der Waals surface area (Å²) in [6.07, 6.45) is -4.32. The summed E-state index contributed by atoms with van der Waals surface area (Å²) in [7, 11) is 0. The first-order chi connectivity index (χ1) is 9.49. The Morgan fingerprint density at radius 1 is 1.43 bits per heavy atom. The van der Waals surface area contributed by atoms with Crippen molar-refractivity contribution in [1.82, 2.24) is 9.88 Å². The van der Waals surface area contributed by atoms with Gasteiger partial charge in [0.05, 0.1) is 12.2 Å². The number of carbonyl (C=O) groups excluding carboxylic acids is 1. The fraction of sp³-hybridized carbons (Fsp3) is 0.538. The summed E-state index contributed by atoms with van der Waals surface area (Å²) in [6, 6.07) is -0.540. The van der Waals surface area contributed by atoms with E-state index in [0.717, 1.165) is 0 Å². The number of fused-ring (bicyclic) bond motifs is 1. The second-order valence-corrected chi connectivity index (χ2v) is 6.67. The van der Waals surface area contributed by atoms with Gasteiger partial charge in [-0.15, -0.1) is 0 Å². The highest BCUT2D eigenvalue weighted by atomic mass is 79.9. The minimum Gasteiger partial charge on any atom is -0.444 e. The lowest BCUT2D eigenvalue weighted by molar-refractivity contribution is -0.181. The van der Waals surface area contributed by atoms with Crippen LogP contribution in [0.15, 0.2) is 16.7 Å². The number of rotatable bonds is 0. The Morgan fingerprint density at radius 2 is 2.05 bits per heavy atom. The molecule has 2 rings (SSSR count). The second-order valence-electron chi connectivity index (χ2n) is 5.75. The van der Waals surface area contributed by atoms with Crippen molar-refractivity contribution in [1.29, 1.82) is 0 Å². The third kappa shape index (κ3) is 3.48. The molecule has 8 heteroatoms. The molecular weight excluding hydrogens is 353 g/mol. The molecule has 0 radical (unpaired) electrons. The van der Waals surface area contributed by atoms with Gasteiger partial charge in [-0.2, -0.15) is 13.2 Å². The molecule has 0 saturated carbocycles. The highest BCUT2D eigenvalue weighted by Gasteiger charge is 2.52. The number of amides is 1. The largest absolute Gasteiger partial charge is 0.444 e. The first-order valence-electron chi connectivity index (χ1n) is 6.20. The number of aromatic nitrogens is 1. The van der Waals surface area contributed by atoms with Crippen LogP contribution in [0.2, 0.25) is 0 Å². The molecule has 0 aliphatic carbocycles. The normalized spacial score (nSPS) is 18.6. The first-order valence-corrected chi connectivity index (χ1v) is 6.99. The molecule has 21 heavy (non-hydrogen) atoms. The van der Waals surface area contributed by atoms with Crippen LogP contribution in [0.1, 0.15) is 38.1 Å². The van der Waals surface area contributed by atoms with Gasteiger partial charge in [-0.25, -0.2) is 4.79 Å². The Labute approximate surface area is 128 Å². The van der Waals surface area contributed by atoms with E-state index in [9.17, 15) is 18.0 Å². The Balaban J connectivity index is 2.37. The third-order valence-corrected chi connectivity index (χ3v) is 3.25. The van der Waals surface area contributed by atoms with Gasteiger partial charge in [0.15, 0.2) is 6.04 Å². The van der Waals surface area contributed by atoms with E-state index < -0.39 is 23.9 Å². The van der Waals surface area contributed by atoms with Crippen LogP contribution in [0.25, 0.3) is 0 Å². The summed E-state index contributed by atoms with van der Waals surface area (Å²) < 4.78 is 45.5. The Bertz CT molecular complexity index is 570. The molecule has 0 spiro atoms. The van der Waals surface area contributed by atoms with Crippen molar-refractivity contribution in [3.63, 3.8) is 0 Å². The van der Waals surface area contributed by atoms with Crippen LogP contribution >= 0.6 is 15.9 Å². The van der Waals surface area contributed by atoms with E-state index in [-0.39, 0.29) is 12.2 Å². The maximum atomic E-state index is 13.3. The van der Waals surface area contributed by atoms with E-state index in [2.05, 4.69) is 20.9 Å². The van der Waals surface area contributed by atoms with Gasteiger partial charge in [0.25, 0.3) is 0 Å². The molecule has 1 atom stereocenters. The second kappa shape index (κ2) is 5.15. The van der Waals surface area contributed by atoms with Gasteiger partial charge in [0.1, 0.15) is 5.60 Å². The van der Waals surface area contributed by atoms with Gasteiger partial charge in [-0.3, -0.25) is 9.88 Å². The molecule has 0 unspecified atom stereocenters. The van der Waals surface area contributed by atoms with E-state index in [1.54, 1.807) is 20.8 Å². The van der Waals surface area contributed by atoms with Gasteiger partial charge in [0, 0.05) is 10.7 Å². The quantitative estimate of drug-likeness (QED) is 0.690. The zero-order chi connectivity index (χ0) is 16.0. The summed E-state index contributed by atoms with van der Waals surface area (Å²) in [4.78, 5) is 16.5. The standard InChI is InChI=1S/C13H14BrF3N2O2/c1-12(2,3)21-11(20)19-6-7-4-8(14)5-18-9(7)10(19)13(15,16)17/h4-5,10H,6H2,1-3H3/t10-/m1/s1. The predicted octanol–water partition coefficient (Wildman–Crippen LogP) is 4.20. The number of halogens is 4. The summed E-state index contributed by atoms with van der Waals surface area (Å²) >= 11 is 3.16. The van der Waals surface area contributed by atoms with Gasteiger partial charge < -0.3 is 4.74 Å². The zero-order valence-electron chi connectivity index (χ0n) is 11.7. The Kier molecular flexibility index (Phi) is 3.94. The maximum Gasteiger partial charge on any atom is 0.414 e. The summed E-state index contributed by atoms with van der Waals surface area (Å²) in [5, 5.41) is 0. The molecule has 0 fully saturated rings. The van der Waals surface area contributed by atoms with Gasteiger partial charge in [-0.1, -0.05) is 0 Å². The van der Waals surface area contributed by atoms with Crippen LogP contribution in [0.4, 0.5) is 18.0 Å². The lowest BCUT2D eigenvalue weighted by atomic mass is 10.1. The lowest BCUT2D eigenvalue weighted by Crippen LogP contribution is -2.41. The lowest BCUT2D eigenvalue weighted by Gasteiger charge is -2.29. The van der Waals surface area contributed by atoms with Crippen LogP contribution in [0.3, 0.4) is 0 Å². The van der Waals surface area contributed by atoms with Gasteiger partial charge in [0.2, 0.25) is 0 Å². The molecule has 1 amide bonds. The van der Waals surface area contributed by atoms with E-state index >= 15 is 0 Å². The maximum absolute atomic E-state index is 13.3. The number of nitrogens with zero attached hydrogens (tertiary/aromatic N) is 2. The van der Waals surface area contributed by atoms with E-state index in [0.29, 0.717) is 14.9 Å². The topological polar surface area (TPSA) is 42.4 Å². The minimum atomic E-state index is -4.61. The average molecular weight is 367 g/mol. The molecule has 4 nitrogen and oxygen atoms in total. The van der Waals surface area contributed by atoms with Gasteiger partial charge >= 0.3 is 12.3 Å². The summed E-state index contributed by atoms with van der Waals surface area (Å²) in [5.74, 6) is 0. The number of carbonyl (C=O) groups is 1. The molecule has 1 aromatic heterocycles. The van der Waals surface area contributed by atoms with E-state index in [1.165, 1.54) is 12.3 Å². The number of ether oxygens (including phenoxy) is 1. The molecule has 1 aliphatic rings. The smallest absolute Gasteiger partial charge is 0.414 e. The van der Waals surface area contributed by atoms with Crippen molar-refractivity contribution in [3.05, 3.63) is 28.0 Å². The number of hydrogen-bond donors (Lipinski definition) is 0. The Hall–Kier alpha value is -1.31. The number of alkyl halides is 3. The number of pyridine rings is 1. The van der Waals surface area contributed by atoms with E-state index in [1.807, 2.05) is 0 Å². The molecule has 1 aromatic rings. The summed E-state index contributed by atoms with van der Waals surface area (Å²) in [6.45, 7) is 4.63.